The van der Waals surface area contributed by atoms with E-state index in [1.807, 2.05) is 0 Å². The zero-order valence-corrected chi connectivity index (χ0v) is 10.9. The van der Waals surface area contributed by atoms with Crippen LogP contribution in [0.3, 0.4) is 0 Å². The average Bonchev–Trinajstić information content (AvgIpc) is 2.96. The Morgan fingerprint density at radius 3 is 2.76 bits per heavy atom. The number of fused-ring (bicyclic) bond motifs is 1. The Morgan fingerprint density at radius 2 is 2.06 bits per heavy atom. The molecule has 1 aromatic heterocycles. The van der Waals surface area contributed by atoms with Crippen LogP contribution in [-0.2, 0) is 0 Å². The number of anilines is 1. The van der Waals surface area contributed by atoms with E-state index < -0.39 is 0 Å². The quantitative estimate of drug-likeness (QED) is 0.846. The Bertz CT molecular complexity index is 388. The van der Waals surface area contributed by atoms with Gasteiger partial charge in [-0.15, -0.1) is 0 Å². The van der Waals surface area contributed by atoms with Crippen LogP contribution in [0.5, 0.6) is 0 Å². The van der Waals surface area contributed by atoms with Gasteiger partial charge in [0.1, 0.15) is 5.82 Å². The second-order valence-corrected chi connectivity index (χ2v) is 5.91. The summed E-state index contributed by atoms with van der Waals surface area (Å²) in [5, 5.41) is 8.38. The SMILES string of the molecule is CC(C)C1CCNc2cc(C3CCCC3)nn21. The van der Waals surface area contributed by atoms with E-state index in [4.69, 9.17) is 5.10 Å². The normalized spacial score (nSPS) is 25.0. The van der Waals surface area contributed by atoms with Gasteiger partial charge in [-0.1, -0.05) is 26.7 Å². The predicted molar refractivity (Wildman–Crippen MR) is 70.4 cm³/mol. The van der Waals surface area contributed by atoms with Gasteiger partial charge in [0.25, 0.3) is 0 Å². The van der Waals surface area contributed by atoms with Crippen molar-refractivity contribution in [3.05, 3.63) is 11.8 Å². The standard InChI is InChI=1S/C14H23N3/c1-10(2)13-7-8-15-14-9-12(16-17(13)14)11-5-3-4-6-11/h9-11,13,15H,3-8H2,1-2H3. The van der Waals surface area contributed by atoms with Crippen LogP contribution in [0.4, 0.5) is 5.82 Å². The molecule has 1 aliphatic heterocycles. The van der Waals surface area contributed by atoms with Crippen LogP contribution in [0.15, 0.2) is 6.07 Å². The Kier molecular flexibility index (Phi) is 2.85. The molecule has 1 atom stereocenters. The van der Waals surface area contributed by atoms with E-state index in [1.165, 1.54) is 43.6 Å². The summed E-state index contributed by atoms with van der Waals surface area (Å²) in [5.74, 6) is 2.65. The van der Waals surface area contributed by atoms with Gasteiger partial charge >= 0.3 is 0 Å². The van der Waals surface area contributed by atoms with Crippen LogP contribution in [0.1, 0.15) is 63.6 Å². The Balaban J connectivity index is 1.89. The number of nitrogens with zero attached hydrogens (tertiary/aromatic N) is 2. The lowest BCUT2D eigenvalue weighted by Gasteiger charge is -2.28. The maximum atomic E-state index is 4.89. The van der Waals surface area contributed by atoms with Crippen LogP contribution in [0.2, 0.25) is 0 Å². The van der Waals surface area contributed by atoms with Gasteiger partial charge in [-0.05, 0) is 25.2 Å². The van der Waals surface area contributed by atoms with Crippen LogP contribution < -0.4 is 5.32 Å². The summed E-state index contributed by atoms with van der Waals surface area (Å²) in [6.07, 6.45) is 6.64. The minimum absolute atomic E-state index is 0.585. The van der Waals surface area contributed by atoms with Gasteiger partial charge in [-0.3, -0.25) is 0 Å². The maximum absolute atomic E-state index is 4.89. The Labute approximate surface area is 104 Å². The molecule has 3 nitrogen and oxygen atoms in total. The van der Waals surface area contributed by atoms with Crippen molar-refractivity contribution >= 4 is 5.82 Å². The highest BCUT2D eigenvalue weighted by molar-refractivity contribution is 5.40. The molecule has 1 aromatic rings. The summed E-state index contributed by atoms with van der Waals surface area (Å²) in [5.41, 5.74) is 1.33. The van der Waals surface area contributed by atoms with Crippen molar-refractivity contribution in [2.75, 3.05) is 11.9 Å². The second kappa shape index (κ2) is 4.35. The molecule has 17 heavy (non-hydrogen) atoms. The first-order valence-electron chi connectivity index (χ1n) is 7.09. The number of nitrogens with one attached hydrogen (secondary N) is 1. The van der Waals surface area contributed by atoms with Crippen LogP contribution >= 0.6 is 0 Å². The molecule has 3 heteroatoms. The molecule has 0 amide bonds. The van der Waals surface area contributed by atoms with E-state index in [2.05, 4.69) is 29.9 Å². The Hall–Kier alpha value is -0.990. The fraction of sp³-hybridized carbons (Fsp3) is 0.786. The van der Waals surface area contributed by atoms with Gasteiger partial charge in [0.05, 0.1) is 11.7 Å². The molecule has 1 unspecified atom stereocenters. The van der Waals surface area contributed by atoms with Crippen molar-refractivity contribution in [3.63, 3.8) is 0 Å². The van der Waals surface area contributed by atoms with Crippen LogP contribution in [0, 0.1) is 5.92 Å². The summed E-state index contributed by atoms with van der Waals surface area (Å²) in [7, 11) is 0. The number of aromatic nitrogens is 2. The topological polar surface area (TPSA) is 29.9 Å². The van der Waals surface area contributed by atoms with Gasteiger partial charge in [-0.2, -0.15) is 5.10 Å². The molecular formula is C14H23N3. The van der Waals surface area contributed by atoms with Gasteiger partial charge in [0.15, 0.2) is 0 Å². The molecule has 0 spiro atoms. The second-order valence-electron chi connectivity index (χ2n) is 5.91. The van der Waals surface area contributed by atoms with E-state index in [0.29, 0.717) is 12.0 Å². The van der Waals surface area contributed by atoms with Gasteiger partial charge < -0.3 is 5.32 Å². The molecule has 0 aromatic carbocycles. The van der Waals surface area contributed by atoms with Crippen molar-refractivity contribution < 1.29 is 0 Å². The first-order valence-corrected chi connectivity index (χ1v) is 7.09. The minimum atomic E-state index is 0.585. The molecule has 2 aliphatic rings. The minimum Gasteiger partial charge on any atom is -0.370 e. The summed E-state index contributed by atoms with van der Waals surface area (Å²) >= 11 is 0. The highest BCUT2D eigenvalue weighted by atomic mass is 15.4. The maximum Gasteiger partial charge on any atom is 0.124 e. The fourth-order valence-electron chi connectivity index (χ4n) is 3.31. The van der Waals surface area contributed by atoms with Crippen molar-refractivity contribution in [1.29, 1.82) is 0 Å². The lowest BCUT2D eigenvalue weighted by Crippen LogP contribution is -2.26. The lowest BCUT2D eigenvalue weighted by atomic mass is 10.00. The summed E-state index contributed by atoms with van der Waals surface area (Å²) < 4.78 is 2.25. The van der Waals surface area contributed by atoms with E-state index in [-0.39, 0.29) is 0 Å². The zero-order chi connectivity index (χ0) is 11.8. The van der Waals surface area contributed by atoms with Crippen LogP contribution in [-0.4, -0.2) is 16.3 Å². The Morgan fingerprint density at radius 1 is 1.29 bits per heavy atom. The highest BCUT2D eigenvalue weighted by Crippen LogP contribution is 2.37. The third kappa shape index (κ3) is 1.96. The first kappa shape index (κ1) is 11.1. The molecule has 1 fully saturated rings. The molecule has 3 rings (SSSR count). The molecule has 2 heterocycles. The summed E-state index contributed by atoms with van der Waals surface area (Å²) in [4.78, 5) is 0. The highest BCUT2D eigenvalue weighted by Gasteiger charge is 2.27. The molecule has 0 saturated heterocycles. The third-order valence-corrected chi connectivity index (χ3v) is 4.36. The fourth-order valence-corrected chi connectivity index (χ4v) is 3.31. The number of hydrogen-bond acceptors (Lipinski definition) is 2. The lowest BCUT2D eigenvalue weighted by molar-refractivity contribution is 0.320. The number of hydrogen-bond donors (Lipinski definition) is 1. The zero-order valence-electron chi connectivity index (χ0n) is 10.9. The average molecular weight is 233 g/mol. The molecule has 0 radical (unpaired) electrons. The van der Waals surface area contributed by atoms with Crippen molar-refractivity contribution in [2.45, 2.75) is 57.9 Å². The van der Waals surface area contributed by atoms with Gasteiger partial charge in [0.2, 0.25) is 0 Å². The van der Waals surface area contributed by atoms with Crippen molar-refractivity contribution in [3.8, 4) is 0 Å². The van der Waals surface area contributed by atoms with E-state index in [9.17, 15) is 0 Å². The number of rotatable bonds is 2. The smallest absolute Gasteiger partial charge is 0.124 e. The van der Waals surface area contributed by atoms with Gasteiger partial charge in [0, 0.05) is 18.5 Å². The monoisotopic (exact) mass is 233 g/mol. The van der Waals surface area contributed by atoms with E-state index in [0.717, 1.165) is 12.5 Å². The van der Waals surface area contributed by atoms with E-state index >= 15 is 0 Å². The largest absolute Gasteiger partial charge is 0.370 e. The van der Waals surface area contributed by atoms with Crippen molar-refractivity contribution in [1.82, 2.24) is 9.78 Å². The summed E-state index contributed by atoms with van der Waals surface area (Å²) in [6.45, 7) is 5.70. The molecule has 1 N–H and O–H groups in total. The van der Waals surface area contributed by atoms with E-state index in [1.54, 1.807) is 0 Å². The molecule has 0 bridgehead atoms. The molecular weight excluding hydrogens is 210 g/mol. The van der Waals surface area contributed by atoms with Gasteiger partial charge in [-0.25, -0.2) is 4.68 Å². The molecule has 1 saturated carbocycles. The summed E-state index contributed by atoms with van der Waals surface area (Å²) in [6, 6.07) is 2.88. The molecule has 94 valence electrons. The predicted octanol–water partition coefficient (Wildman–Crippen LogP) is 3.55. The third-order valence-electron chi connectivity index (χ3n) is 4.36. The first-order chi connectivity index (χ1) is 8.25. The molecule has 1 aliphatic carbocycles. The van der Waals surface area contributed by atoms with Crippen molar-refractivity contribution in [2.24, 2.45) is 5.92 Å². The van der Waals surface area contributed by atoms with Crippen LogP contribution in [0.25, 0.3) is 0 Å².